The summed E-state index contributed by atoms with van der Waals surface area (Å²) in [4.78, 5) is 12.4. The number of Topliss-reactive ketones (excluding diaryl/α,β-unsaturated/α-hetero) is 1. The molecular weight excluding hydrogens is 300 g/mol. The minimum absolute atomic E-state index is 0.101. The largest absolute Gasteiger partial charge is 0.300 e. The molecule has 0 aromatic carbocycles. The quantitative estimate of drug-likeness (QED) is 0.594. The lowest BCUT2D eigenvalue weighted by Gasteiger charge is -2.30. The van der Waals surface area contributed by atoms with Crippen LogP contribution in [0.15, 0.2) is 11.6 Å². The molecule has 2 atom stereocenters. The zero-order valence-electron chi connectivity index (χ0n) is 14.8. The number of ketones is 1. The van der Waals surface area contributed by atoms with Gasteiger partial charge < -0.3 is 0 Å². The van der Waals surface area contributed by atoms with E-state index in [1.54, 1.807) is 13.8 Å². The Kier molecular flexibility index (Phi) is 9.08. The number of nitrogens with zero attached hydrogens (tertiary/aromatic N) is 4. The van der Waals surface area contributed by atoms with Gasteiger partial charge in [0.15, 0.2) is 0 Å². The third-order valence-corrected chi connectivity index (χ3v) is 4.22. The van der Waals surface area contributed by atoms with Gasteiger partial charge in [0.05, 0.1) is 24.3 Å². The Balaban J connectivity index is 5.14. The van der Waals surface area contributed by atoms with Crippen LogP contribution >= 0.6 is 0 Å². The van der Waals surface area contributed by atoms with E-state index in [1.165, 1.54) is 0 Å². The fraction of sp³-hybridized carbons (Fsp3) is 0.632. The van der Waals surface area contributed by atoms with Crippen molar-refractivity contribution in [2.45, 2.75) is 53.4 Å². The van der Waals surface area contributed by atoms with Crippen molar-refractivity contribution < 1.29 is 4.79 Å². The van der Waals surface area contributed by atoms with Crippen molar-refractivity contribution in [3.63, 3.8) is 0 Å². The summed E-state index contributed by atoms with van der Waals surface area (Å²) in [5, 5.41) is 36.3. The molecule has 0 saturated carbocycles. The van der Waals surface area contributed by atoms with E-state index in [1.807, 2.05) is 44.2 Å². The standard InChI is InChI=1S/C19H24N4O/c1-14(2)6-5-7-19(4,17(12-22)13-23)9-18(24)8-15(3)16(10-20)11-21/h6,15-17H,5,7-9H2,1-4H3/t15?,19-/m0/s1. The number of hydrogen-bond donors (Lipinski definition) is 0. The molecule has 126 valence electrons. The smallest absolute Gasteiger partial charge is 0.139 e. The molecule has 0 rings (SSSR count). The van der Waals surface area contributed by atoms with E-state index < -0.39 is 17.3 Å². The Morgan fingerprint density at radius 2 is 1.62 bits per heavy atom. The van der Waals surface area contributed by atoms with Crippen molar-refractivity contribution >= 4 is 5.78 Å². The molecule has 0 radical (unpaired) electrons. The van der Waals surface area contributed by atoms with E-state index in [9.17, 15) is 15.3 Å². The van der Waals surface area contributed by atoms with E-state index in [-0.39, 0.29) is 24.5 Å². The van der Waals surface area contributed by atoms with Crippen molar-refractivity contribution in [3.05, 3.63) is 11.6 Å². The molecule has 0 aromatic heterocycles. The number of carbonyl (C=O) groups is 1. The zero-order chi connectivity index (χ0) is 18.8. The molecule has 1 unspecified atom stereocenters. The molecule has 0 spiro atoms. The third kappa shape index (κ3) is 6.64. The van der Waals surface area contributed by atoms with Gasteiger partial charge in [-0.05, 0) is 32.6 Å². The van der Waals surface area contributed by atoms with Gasteiger partial charge >= 0.3 is 0 Å². The molecule has 0 aliphatic rings. The first-order chi connectivity index (χ1) is 11.2. The number of carbonyl (C=O) groups excluding carboxylic acids is 1. The second-order valence-corrected chi connectivity index (χ2v) is 6.80. The topological polar surface area (TPSA) is 112 Å². The molecule has 0 amide bonds. The average molecular weight is 324 g/mol. The third-order valence-electron chi connectivity index (χ3n) is 4.22. The van der Waals surface area contributed by atoms with Crippen molar-refractivity contribution in [1.82, 2.24) is 0 Å². The first kappa shape index (κ1) is 21.4. The van der Waals surface area contributed by atoms with Crippen LogP contribution in [0.1, 0.15) is 53.4 Å². The molecule has 0 heterocycles. The van der Waals surface area contributed by atoms with Crippen LogP contribution in [-0.2, 0) is 4.79 Å². The summed E-state index contributed by atoms with van der Waals surface area (Å²) >= 11 is 0. The fourth-order valence-corrected chi connectivity index (χ4v) is 2.65. The van der Waals surface area contributed by atoms with Crippen LogP contribution in [-0.4, -0.2) is 5.78 Å². The van der Waals surface area contributed by atoms with Crippen molar-refractivity contribution in [2.24, 2.45) is 23.2 Å². The van der Waals surface area contributed by atoms with Crippen LogP contribution in [0.25, 0.3) is 0 Å². The lowest BCUT2D eigenvalue weighted by molar-refractivity contribution is -0.122. The molecule has 0 fully saturated rings. The number of rotatable bonds is 9. The van der Waals surface area contributed by atoms with Gasteiger partial charge in [0.25, 0.3) is 0 Å². The Labute approximate surface area is 144 Å². The Bertz CT molecular complexity index is 606. The van der Waals surface area contributed by atoms with Crippen LogP contribution in [0, 0.1) is 68.5 Å². The SMILES string of the molecule is CC(C)=CCC[C@@](C)(CC(=O)CC(C)C(C#N)C#N)C(C#N)C#N. The molecule has 0 bridgehead atoms. The maximum Gasteiger partial charge on any atom is 0.139 e. The Morgan fingerprint density at radius 3 is 2.04 bits per heavy atom. The molecular formula is C19H24N4O. The van der Waals surface area contributed by atoms with Gasteiger partial charge in [-0.15, -0.1) is 0 Å². The molecule has 24 heavy (non-hydrogen) atoms. The molecule has 0 aliphatic heterocycles. The predicted molar refractivity (Wildman–Crippen MR) is 89.6 cm³/mol. The normalized spacial score (nSPS) is 13.8. The lowest BCUT2D eigenvalue weighted by atomic mass is 9.70. The molecule has 0 N–H and O–H groups in total. The van der Waals surface area contributed by atoms with Crippen LogP contribution in [0.4, 0.5) is 0 Å². The highest BCUT2D eigenvalue weighted by molar-refractivity contribution is 5.79. The highest BCUT2D eigenvalue weighted by atomic mass is 16.1. The fourth-order valence-electron chi connectivity index (χ4n) is 2.65. The van der Waals surface area contributed by atoms with Crippen molar-refractivity contribution in [2.75, 3.05) is 0 Å². The summed E-state index contributed by atoms with van der Waals surface area (Å²) < 4.78 is 0. The van der Waals surface area contributed by atoms with Gasteiger partial charge in [-0.25, -0.2) is 0 Å². The summed E-state index contributed by atoms with van der Waals surface area (Å²) in [7, 11) is 0. The summed E-state index contributed by atoms with van der Waals surface area (Å²) in [6.07, 6.45) is 3.49. The highest BCUT2D eigenvalue weighted by Gasteiger charge is 2.36. The second kappa shape index (κ2) is 10.2. The first-order valence-corrected chi connectivity index (χ1v) is 7.97. The van der Waals surface area contributed by atoms with E-state index in [2.05, 4.69) is 0 Å². The molecule has 5 heteroatoms. The molecule has 0 saturated heterocycles. The van der Waals surface area contributed by atoms with E-state index in [0.717, 1.165) is 5.57 Å². The van der Waals surface area contributed by atoms with E-state index in [0.29, 0.717) is 12.8 Å². The van der Waals surface area contributed by atoms with Gasteiger partial charge in [0.2, 0.25) is 0 Å². The van der Waals surface area contributed by atoms with Crippen molar-refractivity contribution in [3.8, 4) is 24.3 Å². The van der Waals surface area contributed by atoms with Crippen LogP contribution in [0.3, 0.4) is 0 Å². The van der Waals surface area contributed by atoms with E-state index >= 15 is 0 Å². The maximum atomic E-state index is 12.4. The van der Waals surface area contributed by atoms with Gasteiger partial charge in [-0.1, -0.05) is 25.5 Å². The van der Waals surface area contributed by atoms with Crippen molar-refractivity contribution in [1.29, 1.82) is 21.0 Å². The summed E-state index contributed by atoms with van der Waals surface area (Å²) in [5.41, 5.74) is 0.412. The van der Waals surface area contributed by atoms with E-state index in [4.69, 9.17) is 10.5 Å². The predicted octanol–water partition coefficient (Wildman–Crippen LogP) is 4.05. The van der Waals surface area contributed by atoms with Gasteiger partial charge in [-0.2, -0.15) is 21.0 Å². The Hall–Kier alpha value is -2.63. The molecule has 5 nitrogen and oxygen atoms in total. The first-order valence-electron chi connectivity index (χ1n) is 7.97. The van der Waals surface area contributed by atoms with Crippen LogP contribution in [0.2, 0.25) is 0 Å². The summed E-state index contributed by atoms with van der Waals surface area (Å²) in [6, 6.07) is 7.76. The molecule has 0 aliphatic carbocycles. The Morgan fingerprint density at radius 1 is 1.08 bits per heavy atom. The maximum absolute atomic E-state index is 12.4. The average Bonchev–Trinajstić information content (AvgIpc) is 2.48. The van der Waals surface area contributed by atoms with Gasteiger partial charge in [-0.3, -0.25) is 4.79 Å². The zero-order valence-corrected chi connectivity index (χ0v) is 14.8. The minimum atomic E-state index is -0.870. The minimum Gasteiger partial charge on any atom is -0.300 e. The van der Waals surface area contributed by atoms with Gasteiger partial charge in [0, 0.05) is 18.3 Å². The van der Waals surface area contributed by atoms with Gasteiger partial charge in [0.1, 0.15) is 17.6 Å². The van der Waals surface area contributed by atoms with Crippen LogP contribution < -0.4 is 0 Å². The van der Waals surface area contributed by atoms with Crippen LogP contribution in [0.5, 0.6) is 0 Å². The summed E-state index contributed by atoms with van der Waals surface area (Å²) in [5.74, 6) is -2.18. The second-order valence-electron chi connectivity index (χ2n) is 6.80. The highest BCUT2D eigenvalue weighted by Crippen LogP contribution is 2.37. The number of allylic oxidation sites excluding steroid dienone is 2. The lowest BCUT2D eigenvalue weighted by Crippen LogP contribution is -2.29. The number of nitriles is 4. The number of hydrogen-bond acceptors (Lipinski definition) is 5. The monoisotopic (exact) mass is 324 g/mol. The molecule has 0 aromatic rings. The summed E-state index contributed by atoms with van der Waals surface area (Å²) in [6.45, 7) is 7.43.